The lowest BCUT2D eigenvalue weighted by Crippen LogP contribution is -2.36. The van der Waals surface area contributed by atoms with Crippen molar-refractivity contribution in [1.29, 1.82) is 0 Å². The van der Waals surface area contributed by atoms with E-state index in [0.717, 1.165) is 51.2 Å². The smallest absolute Gasteiger partial charge is 0.317 e. The quantitative estimate of drug-likeness (QED) is 0.801. The molecule has 1 heterocycles. The van der Waals surface area contributed by atoms with Gasteiger partial charge in [0.2, 0.25) is 0 Å². The summed E-state index contributed by atoms with van der Waals surface area (Å²) in [6.07, 6.45) is -2.56. The van der Waals surface area contributed by atoms with E-state index in [1.165, 1.54) is 6.07 Å². The fraction of sp³-hybridized carbons (Fsp3) is 0.625. The maximum Gasteiger partial charge on any atom is 0.419 e. The topological polar surface area (TPSA) is 15.3 Å². The van der Waals surface area contributed by atoms with Crippen LogP contribution >= 0.6 is 12.4 Å². The predicted molar refractivity (Wildman–Crippen MR) is 85.2 cm³/mol. The van der Waals surface area contributed by atoms with Crippen LogP contribution in [0.5, 0.6) is 0 Å². The highest BCUT2D eigenvalue weighted by Gasteiger charge is 2.34. The van der Waals surface area contributed by atoms with Crippen molar-refractivity contribution < 1.29 is 17.6 Å². The van der Waals surface area contributed by atoms with Crippen molar-refractivity contribution in [2.75, 3.05) is 26.2 Å². The number of hydrogen-bond donors (Lipinski definition) is 1. The molecule has 1 aromatic carbocycles. The molecule has 1 aliphatic heterocycles. The van der Waals surface area contributed by atoms with Gasteiger partial charge in [0.05, 0.1) is 5.56 Å². The van der Waals surface area contributed by atoms with Gasteiger partial charge in [-0.1, -0.05) is 13.0 Å². The molecule has 2 rings (SSSR count). The largest absolute Gasteiger partial charge is 0.419 e. The van der Waals surface area contributed by atoms with E-state index < -0.39 is 17.6 Å². The van der Waals surface area contributed by atoms with Gasteiger partial charge >= 0.3 is 6.18 Å². The number of likely N-dealkylation sites (tertiary alicyclic amines) is 1. The molecule has 23 heavy (non-hydrogen) atoms. The third-order valence-electron chi connectivity index (χ3n) is 4.13. The second-order valence-electron chi connectivity index (χ2n) is 5.84. The molecule has 0 saturated carbocycles. The van der Waals surface area contributed by atoms with Crippen molar-refractivity contribution in [3.63, 3.8) is 0 Å². The van der Waals surface area contributed by atoms with Gasteiger partial charge in [-0.05, 0) is 62.6 Å². The first-order valence-electron chi connectivity index (χ1n) is 7.69. The zero-order valence-electron chi connectivity index (χ0n) is 13.1. The number of piperidine rings is 1. The molecule has 0 unspecified atom stereocenters. The lowest BCUT2D eigenvalue weighted by molar-refractivity contribution is -0.140. The Kier molecular flexibility index (Phi) is 7.77. The molecule has 1 N–H and O–H groups in total. The van der Waals surface area contributed by atoms with Gasteiger partial charge < -0.3 is 5.32 Å². The van der Waals surface area contributed by atoms with Crippen LogP contribution < -0.4 is 5.32 Å². The monoisotopic (exact) mass is 354 g/mol. The molecule has 0 radical (unpaired) electrons. The SMILES string of the molecule is CCNCC1CCN(Cc2ccc(F)c(C(F)(F)F)c2)CC1.Cl. The molecule has 1 fully saturated rings. The second-order valence-corrected chi connectivity index (χ2v) is 5.84. The number of hydrogen-bond acceptors (Lipinski definition) is 2. The Labute approximate surface area is 140 Å². The Hall–Kier alpha value is -0.850. The van der Waals surface area contributed by atoms with E-state index in [2.05, 4.69) is 17.1 Å². The highest BCUT2D eigenvalue weighted by Crippen LogP contribution is 2.32. The Bertz CT molecular complexity index is 485. The lowest BCUT2D eigenvalue weighted by atomic mass is 9.96. The van der Waals surface area contributed by atoms with Gasteiger partial charge in [-0.2, -0.15) is 13.2 Å². The average molecular weight is 355 g/mol. The van der Waals surface area contributed by atoms with Crippen LogP contribution in [0.25, 0.3) is 0 Å². The Morgan fingerprint density at radius 3 is 2.43 bits per heavy atom. The fourth-order valence-electron chi connectivity index (χ4n) is 2.84. The summed E-state index contributed by atoms with van der Waals surface area (Å²) in [5.74, 6) is -0.573. The van der Waals surface area contributed by atoms with Crippen LogP contribution in [-0.4, -0.2) is 31.1 Å². The normalized spacial score (nSPS) is 17.1. The van der Waals surface area contributed by atoms with E-state index in [0.29, 0.717) is 18.0 Å². The molecule has 1 saturated heterocycles. The fourth-order valence-corrected chi connectivity index (χ4v) is 2.84. The molecule has 0 aromatic heterocycles. The highest BCUT2D eigenvalue weighted by atomic mass is 35.5. The standard InChI is InChI=1S/C16H22F4N2.ClH/c1-2-21-10-12-5-7-22(8-6-12)11-13-3-4-15(17)14(9-13)16(18,19)20;/h3-4,9,12,21H,2,5-8,10-11H2,1H3;1H. The molecule has 1 aromatic rings. The van der Waals surface area contributed by atoms with Gasteiger partial charge in [0.25, 0.3) is 0 Å². The van der Waals surface area contributed by atoms with Crippen molar-refractivity contribution in [2.45, 2.75) is 32.5 Å². The maximum absolute atomic E-state index is 13.3. The number of halogens is 5. The number of benzene rings is 1. The maximum atomic E-state index is 13.3. The molecule has 2 nitrogen and oxygen atoms in total. The molecule has 0 spiro atoms. The second kappa shape index (κ2) is 8.85. The first-order chi connectivity index (χ1) is 10.4. The van der Waals surface area contributed by atoms with Crippen LogP contribution in [0, 0.1) is 11.7 Å². The molecule has 0 amide bonds. The van der Waals surface area contributed by atoms with E-state index in [4.69, 9.17) is 0 Å². The summed E-state index contributed by atoms with van der Waals surface area (Å²) in [6, 6.07) is 3.28. The zero-order chi connectivity index (χ0) is 16.2. The van der Waals surface area contributed by atoms with E-state index in [-0.39, 0.29) is 12.4 Å². The molecule has 0 aliphatic carbocycles. The average Bonchev–Trinajstić information content (AvgIpc) is 2.47. The first kappa shape index (κ1) is 20.2. The Balaban J connectivity index is 0.00000264. The summed E-state index contributed by atoms with van der Waals surface area (Å²) in [4.78, 5) is 2.13. The van der Waals surface area contributed by atoms with Crippen molar-refractivity contribution in [3.05, 3.63) is 35.1 Å². The van der Waals surface area contributed by atoms with Gasteiger partial charge in [0.15, 0.2) is 0 Å². The van der Waals surface area contributed by atoms with E-state index >= 15 is 0 Å². The number of alkyl halides is 3. The Morgan fingerprint density at radius 2 is 1.87 bits per heavy atom. The summed E-state index contributed by atoms with van der Waals surface area (Å²) in [7, 11) is 0. The number of rotatable bonds is 5. The van der Waals surface area contributed by atoms with Gasteiger partial charge in [-0.15, -0.1) is 12.4 Å². The lowest BCUT2D eigenvalue weighted by Gasteiger charge is -2.32. The van der Waals surface area contributed by atoms with Crippen LogP contribution in [0.4, 0.5) is 17.6 Å². The van der Waals surface area contributed by atoms with Gasteiger partial charge in [0, 0.05) is 6.54 Å². The molecule has 1 aliphatic rings. The minimum Gasteiger partial charge on any atom is -0.317 e. The van der Waals surface area contributed by atoms with E-state index in [1.807, 2.05) is 0 Å². The minimum absolute atomic E-state index is 0. The zero-order valence-corrected chi connectivity index (χ0v) is 13.9. The van der Waals surface area contributed by atoms with Crippen LogP contribution in [0.2, 0.25) is 0 Å². The summed E-state index contributed by atoms with van der Waals surface area (Å²) >= 11 is 0. The van der Waals surface area contributed by atoms with E-state index in [1.54, 1.807) is 0 Å². The summed E-state index contributed by atoms with van der Waals surface area (Å²) in [5, 5.41) is 3.33. The van der Waals surface area contributed by atoms with E-state index in [9.17, 15) is 17.6 Å². The Morgan fingerprint density at radius 1 is 1.22 bits per heavy atom. The molecular weight excluding hydrogens is 332 g/mol. The van der Waals surface area contributed by atoms with Crippen LogP contribution in [0.15, 0.2) is 18.2 Å². The van der Waals surface area contributed by atoms with Crippen LogP contribution in [-0.2, 0) is 12.7 Å². The summed E-state index contributed by atoms with van der Waals surface area (Å²) < 4.78 is 51.4. The molecule has 0 atom stereocenters. The number of nitrogens with one attached hydrogen (secondary N) is 1. The van der Waals surface area contributed by atoms with Crippen LogP contribution in [0.1, 0.15) is 30.9 Å². The molecular formula is C16H23ClF4N2. The van der Waals surface area contributed by atoms with Gasteiger partial charge in [-0.25, -0.2) is 4.39 Å². The van der Waals surface area contributed by atoms with Crippen molar-refractivity contribution in [3.8, 4) is 0 Å². The minimum atomic E-state index is -4.64. The van der Waals surface area contributed by atoms with Gasteiger partial charge in [0.1, 0.15) is 5.82 Å². The number of nitrogens with zero attached hydrogens (tertiary/aromatic N) is 1. The molecule has 7 heteroatoms. The molecule has 132 valence electrons. The van der Waals surface area contributed by atoms with Crippen molar-refractivity contribution >= 4 is 12.4 Å². The first-order valence-corrected chi connectivity index (χ1v) is 7.69. The molecule has 0 bridgehead atoms. The summed E-state index contributed by atoms with van der Waals surface area (Å²) in [5.41, 5.74) is -0.661. The third kappa shape index (κ3) is 5.94. The van der Waals surface area contributed by atoms with Crippen LogP contribution in [0.3, 0.4) is 0 Å². The van der Waals surface area contributed by atoms with Gasteiger partial charge in [-0.3, -0.25) is 4.90 Å². The van der Waals surface area contributed by atoms with Crippen molar-refractivity contribution in [1.82, 2.24) is 10.2 Å². The highest BCUT2D eigenvalue weighted by molar-refractivity contribution is 5.85. The summed E-state index contributed by atoms with van der Waals surface area (Å²) in [6.45, 7) is 6.21. The van der Waals surface area contributed by atoms with Crippen molar-refractivity contribution in [2.24, 2.45) is 5.92 Å². The third-order valence-corrected chi connectivity index (χ3v) is 4.13. The predicted octanol–water partition coefficient (Wildman–Crippen LogP) is 4.09.